The predicted octanol–water partition coefficient (Wildman–Crippen LogP) is 2.51. The largest absolute Gasteiger partial charge is 0.461 e. The second-order valence-corrected chi connectivity index (χ2v) is 4.98. The Labute approximate surface area is 150 Å². The number of amides is 2. The molecule has 0 aliphatic rings. The fourth-order valence-electron chi connectivity index (χ4n) is 1.84. The van der Waals surface area contributed by atoms with Gasteiger partial charge in [0.05, 0.1) is 6.54 Å². The van der Waals surface area contributed by atoms with Gasteiger partial charge in [0, 0.05) is 17.8 Å². The summed E-state index contributed by atoms with van der Waals surface area (Å²) in [4.78, 5) is 34.6. The lowest BCUT2D eigenvalue weighted by Crippen LogP contribution is -2.31. The third-order valence-electron chi connectivity index (χ3n) is 2.98. The van der Waals surface area contributed by atoms with Gasteiger partial charge in [-0.3, -0.25) is 0 Å². The van der Waals surface area contributed by atoms with Gasteiger partial charge in [-0.1, -0.05) is 36.4 Å². The van der Waals surface area contributed by atoms with Crippen LogP contribution in [-0.4, -0.2) is 31.1 Å². The van der Waals surface area contributed by atoms with Gasteiger partial charge >= 0.3 is 18.0 Å². The molecular formula is C19H18N2O5. The number of anilines is 1. The van der Waals surface area contributed by atoms with Crippen LogP contribution in [0.4, 0.5) is 10.5 Å². The highest BCUT2D eigenvalue weighted by molar-refractivity contribution is 5.92. The Hall–Kier alpha value is -3.61. The van der Waals surface area contributed by atoms with E-state index in [1.54, 1.807) is 54.6 Å². The number of benzene rings is 2. The Morgan fingerprint density at radius 3 is 2.15 bits per heavy atom. The van der Waals surface area contributed by atoms with Crippen molar-refractivity contribution in [3.8, 4) is 5.75 Å². The number of rotatable bonds is 7. The number of ether oxygens (including phenoxy) is 2. The van der Waals surface area contributed by atoms with Crippen molar-refractivity contribution in [3.05, 3.63) is 72.8 Å². The van der Waals surface area contributed by atoms with Crippen LogP contribution in [0.25, 0.3) is 0 Å². The topological polar surface area (TPSA) is 93.7 Å². The van der Waals surface area contributed by atoms with Crippen molar-refractivity contribution in [3.63, 3.8) is 0 Å². The van der Waals surface area contributed by atoms with Gasteiger partial charge in [-0.15, -0.1) is 0 Å². The molecule has 134 valence electrons. The average molecular weight is 354 g/mol. The Balaban J connectivity index is 1.61. The summed E-state index contributed by atoms with van der Waals surface area (Å²) in [6.45, 7) is 0.103. The van der Waals surface area contributed by atoms with E-state index in [0.29, 0.717) is 11.4 Å². The van der Waals surface area contributed by atoms with E-state index in [4.69, 9.17) is 9.47 Å². The van der Waals surface area contributed by atoms with Crippen LogP contribution in [0, 0.1) is 0 Å². The lowest BCUT2D eigenvalue weighted by molar-refractivity contribution is -0.138. The second kappa shape index (κ2) is 10.3. The summed E-state index contributed by atoms with van der Waals surface area (Å²) < 4.78 is 9.85. The van der Waals surface area contributed by atoms with Gasteiger partial charge < -0.3 is 20.1 Å². The van der Waals surface area contributed by atoms with E-state index in [2.05, 4.69) is 10.6 Å². The molecule has 0 spiro atoms. The first-order valence-electron chi connectivity index (χ1n) is 7.85. The molecule has 2 rings (SSSR count). The minimum Gasteiger partial charge on any atom is -0.461 e. The first kappa shape index (κ1) is 18.7. The maximum absolute atomic E-state index is 11.6. The summed E-state index contributed by atoms with van der Waals surface area (Å²) in [5, 5.41) is 5.17. The number of hydrogen-bond donors (Lipinski definition) is 2. The third-order valence-corrected chi connectivity index (χ3v) is 2.98. The van der Waals surface area contributed by atoms with Crippen molar-refractivity contribution in [2.24, 2.45) is 0 Å². The number of urea groups is 1. The summed E-state index contributed by atoms with van der Waals surface area (Å²) in [7, 11) is 0. The van der Waals surface area contributed by atoms with Crippen LogP contribution >= 0.6 is 0 Å². The Bertz CT molecular complexity index is 760. The zero-order chi connectivity index (χ0) is 18.6. The third kappa shape index (κ3) is 7.31. The van der Waals surface area contributed by atoms with Crippen LogP contribution < -0.4 is 15.4 Å². The molecule has 0 fully saturated rings. The molecule has 0 aliphatic carbocycles. The van der Waals surface area contributed by atoms with Crippen molar-refractivity contribution >= 4 is 23.7 Å². The Morgan fingerprint density at radius 1 is 0.846 bits per heavy atom. The molecule has 7 nitrogen and oxygen atoms in total. The maximum Gasteiger partial charge on any atom is 0.336 e. The molecule has 26 heavy (non-hydrogen) atoms. The van der Waals surface area contributed by atoms with Crippen molar-refractivity contribution in [2.45, 2.75) is 0 Å². The summed E-state index contributed by atoms with van der Waals surface area (Å²) in [6.07, 6.45) is 1.94. The van der Waals surface area contributed by atoms with Gasteiger partial charge in [0.25, 0.3) is 0 Å². The minimum absolute atomic E-state index is 0.0287. The first-order chi connectivity index (χ1) is 12.6. The van der Waals surface area contributed by atoms with Gasteiger partial charge in [0.15, 0.2) is 0 Å². The molecule has 0 saturated heterocycles. The van der Waals surface area contributed by atoms with Gasteiger partial charge in [-0.25, -0.2) is 14.4 Å². The van der Waals surface area contributed by atoms with E-state index in [-0.39, 0.29) is 13.2 Å². The fraction of sp³-hybridized carbons (Fsp3) is 0.105. The first-order valence-corrected chi connectivity index (χ1v) is 7.85. The molecule has 2 N–H and O–H groups in total. The van der Waals surface area contributed by atoms with E-state index in [0.717, 1.165) is 12.2 Å². The smallest absolute Gasteiger partial charge is 0.336 e. The molecular weight excluding hydrogens is 336 g/mol. The van der Waals surface area contributed by atoms with Gasteiger partial charge in [-0.2, -0.15) is 0 Å². The highest BCUT2D eigenvalue weighted by Crippen LogP contribution is 2.08. The SMILES string of the molecule is O=C(NCCOC(=O)/C=C/C(=O)Oc1ccccc1)Nc1ccccc1. The molecule has 2 aromatic rings. The molecule has 0 saturated carbocycles. The Morgan fingerprint density at radius 2 is 1.46 bits per heavy atom. The molecule has 0 aromatic heterocycles. The van der Waals surface area contributed by atoms with Gasteiger partial charge in [-0.05, 0) is 24.3 Å². The van der Waals surface area contributed by atoms with Crippen LogP contribution in [0.5, 0.6) is 5.75 Å². The zero-order valence-corrected chi connectivity index (χ0v) is 13.9. The number of nitrogens with one attached hydrogen (secondary N) is 2. The maximum atomic E-state index is 11.6. The highest BCUT2D eigenvalue weighted by atomic mass is 16.5. The quantitative estimate of drug-likeness (QED) is 0.345. The monoisotopic (exact) mass is 354 g/mol. The molecule has 0 radical (unpaired) electrons. The summed E-state index contributed by atoms with van der Waals surface area (Å²) >= 11 is 0. The number of carbonyl (C=O) groups excluding carboxylic acids is 3. The van der Waals surface area contributed by atoms with E-state index in [1.807, 2.05) is 6.07 Å². The predicted molar refractivity (Wildman–Crippen MR) is 95.6 cm³/mol. The van der Waals surface area contributed by atoms with Crippen LogP contribution in [0.2, 0.25) is 0 Å². The average Bonchev–Trinajstić information content (AvgIpc) is 2.65. The molecule has 0 atom stereocenters. The lowest BCUT2D eigenvalue weighted by atomic mass is 10.3. The van der Waals surface area contributed by atoms with E-state index in [9.17, 15) is 14.4 Å². The van der Waals surface area contributed by atoms with Gasteiger partial charge in [0.1, 0.15) is 12.4 Å². The van der Waals surface area contributed by atoms with E-state index < -0.39 is 18.0 Å². The number of esters is 2. The number of para-hydroxylation sites is 2. The normalized spacial score (nSPS) is 10.2. The van der Waals surface area contributed by atoms with Crippen LogP contribution in [0.1, 0.15) is 0 Å². The number of carbonyl (C=O) groups is 3. The van der Waals surface area contributed by atoms with Crippen molar-refractivity contribution in [2.75, 3.05) is 18.5 Å². The molecule has 0 aliphatic heterocycles. The summed E-state index contributed by atoms with van der Waals surface area (Å²) in [5.41, 5.74) is 0.654. The van der Waals surface area contributed by atoms with Crippen LogP contribution in [0.3, 0.4) is 0 Å². The van der Waals surface area contributed by atoms with E-state index in [1.165, 1.54) is 0 Å². The zero-order valence-electron chi connectivity index (χ0n) is 13.9. The van der Waals surface area contributed by atoms with Crippen LogP contribution in [0.15, 0.2) is 72.8 Å². The molecule has 0 unspecified atom stereocenters. The van der Waals surface area contributed by atoms with Crippen molar-refractivity contribution in [1.29, 1.82) is 0 Å². The van der Waals surface area contributed by atoms with E-state index >= 15 is 0 Å². The summed E-state index contributed by atoms with van der Waals surface area (Å²) in [6, 6.07) is 17.0. The Kier molecular flexibility index (Phi) is 7.41. The van der Waals surface area contributed by atoms with Crippen molar-refractivity contribution in [1.82, 2.24) is 5.32 Å². The lowest BCUT2D eigenvalue weighted by Gasteiger charge is -2.07. The van der Waals surface area contributed by atoms with Gasteiger partial charge in [0.2, 0.25) is 0 Å². The second-order valence-electron chi connectivity index (χ2n) is 4.98. The molecule has 2 amide bonds. The number of hydrogen-bond acceptors (Lipinski definition) is 5. The highest BCUT2D eigenvalue weighted by Gasteiger charge is 2.04. The fourth-order valence-corrected chi connectivity index (χ4v) is 1.84. The molecule has 0 bridgehead atoms. The molecule has 2 aromatic carbocycles. The molecule has 0 heterocycles. The summed E-state index contributed by atoms with van der Waals surface area (Å²) in [5.74, 6) is -1.02. The van der Waals surface area contributed by atoms with Crippen LogP contribution in [-0.2, 0) is 14.3 Å². The minimum atomic E-state index is -0.708. The standard InChI is InChI=1S/C19H18N2O5/c22-17(11-12-18(23)26-16-9-5-2-6-10-16)25-14-13-20-19(24)21-15-7-3-1-4-8-15/h1-12H,13-14H2,(H2,20,21,24)/b12-11+. The molecule has 7 heteroatoms. The van der Waals surface area contributed by atoms with Crippen molar-refractivity contribution < 1.29 is 23.9 Å².